The van der Waals surface area contributed by atoms with Crippen LogP contribution in [0.15, 0.2) is 24.3 Å². The van der Waals surface area contributed by atoms with Crippen molar-refractivity contribution < 1.29 is 32.6 Å². The molecule has 8 heteroatoms. The van der Waals surface area contributed by atoms with E-state index in [1.807, 2.05) is 6.92 Å². The highest BCUT2D eigenvalue weighted by Gasteiger charge is 2.35. The molecule has 1 aromatic rings. The van der Waals surface area contributed by atoms with Crippen molar-refractivity contribution in [2.24, 2.45) is 0 Å². The van der Waals surface area contributed by atoms with Gasteiger partial charge < -0.3 is 15.2 Å². The Morgan fingerprint density at radius 2 is 1.96 bits per heavy atom. The fourth-order valence-electron chi connectivity index (χ4n) is 1.97. The summed E-state index contributed by atoms with van der Waals surface area (Å²) < 4.78 is 43.9. The number of carbonyl (C=O) groups excluding carboxylic acids is 1. The number of alkyl carbamates (subject to hydrolysis) is 1. The number of alkyl halides is 3. The van der Waals surface area contributed by atoms with Gasteiger partial charge in [0.25, 0.3) is 0 Å². The standard InChI is InChI=1S/C15H18F3NO4/c1-2-3-8-23-14(22)19-12(9-13(20)21)10-6-4-5-7-11(10)15(16,17)18/h4-7,12H,2-3,8-9H2,1H3,(H,19,22)(H,20,21). The monoisotopic (exact) mass is 333 g/mol. The Bertz CT molecular complexity index is 546. The van der Waals surface area contributed by atoms with Crippen LogP contribution >= 0.6 is 0 Å². The average Bonchev–Trinajstić information content (AvgIpc) is 2.45. The molecule has 0 aliphatic carbocycles. The van der Waals surface area contributed by atoms with Crippen LogP contribution in [-0.2, 0) is 15.7 Å². The highest BCUT2D eigenvalue weighted by Crippen LogP contribution is 2.35. The number of carbonyl (C=O) groups is 2. The van der Waals surface area contributed by atoms with Crippen molar-refractivity contribution in [2.75, 3.05) is 6.61 Å². The van der Waals surface area contributed by atoms with Crippen LogP contribution in [0.4, 0.5) is 18.0 Å². The number of hydrogen-bond donors (Lipinski definition) is 2. The summed E-state index contributed by atoms with van der Waals surface area (Å²) in [5.74, 6) is -1.33. The molecule has 128 valence electrons. The second kappa shape index (κ2) is 8.40. The third-order valence-corrected chi connectivity index (χ3v) is 3.04. The maximum Gasteiger partial charge on any atom is 0.416 e. The van der Waals surface area contributed by atoms with Gasteiger partial charge in [-0.05, 0) is 18.1 Å². The van der Waals surface area contributed by atoms with Gasteiger partial charge in [-0.2, -0.15) is 13.2 Å². The van der Waals surface area contributed by atoms with Crippen LogP contribution in [0.2, 0.25) is 0 Å². The number of unbranched alkanes of at least 4 members (excludes halogenated alkanes) is 1. The number of carboxylic acids is 1. The lowest BCUT2D eigenvalue weighted by molar-refractivity contribution is -0.140. The van der Waals surface area contributed by atoms with Gasteiger partial charge in [0, 0.05) is 0 Å². The van der Waals surface area contributed by atoms with Gasteiger partial charge in [-0.25, -0.2) is 4.79 Å². The van der Waals surface area contributed by atoms with E-state index in [9.17, 15) is 22.8 Å². The summed E-state index contributed by atoms with van der Waals surface area (Å²) in [5.41, 5.74) is -1.30. The van der Waals surface area contributed by atoms with Crippen molar-refractivity contribution in [1.29, 1.82) is 0 Å². The summed E-state index contributed by atoms with van der Waals surface area (Å²) in [6, 6.07) is 3.20. The molecule has 1 amide bonds. The molecule has 0 bridgehead atoms. The molecule has 0 radical (unpaired) electrons. The van der Waals surface area contributed by atoms with Gasteiger partial charge in [0.05, 0.1) is 24.6 Å². The fraction of sp³-hybridized carbons (Fsp3) is 0.467. The Kier molecular flexibility index (Phi) is 6.87. The minimum Gasteiger partial charge on any atom is -0.481 e. The molecule has 0 saturated heterocycles. The summed E-state index contributed by atoms with van der Waals surface area (Å²) in [7, 11) is 0. The summed E-state index contributed by atoms with van der Waals surface area (Å²) in [4.78, 5) is 22.5. The molecule has 0 aliphatic rings. The molecule has 0 aromatic heterocycles. The van der Waals surface area contributed by atoms with Crippen molar-refractivity contribution in [3.05, 3.63) is 35.4 Å². The Labute approximate surface area is 131 Å². The number of halogens is 3. The molecule has 0 heterocycles. The van der Waals surface area contributed by atoms with Gasteiger partial charge >= 0.3 is 18.2 Å². The normalized spacial score (nSPS) is 12.5. The lowest BCUT2D eigenvalue weighted by atomic mass is 9.97. The smallest absolute Gasteiger partial charge is 0.416 e. The molecular formula is C15H18F3NO4. The van der Waals surface area contributed by atoms with Gasteiger partial charge in [-0.15, -0.1) is 0 Å². The summed E-state index contributed by atoms with van der Waals surface area (Å²) in [6.45, 7) is 2.00. The number of rotatable bonds is 7. The molecule has 23 heavy (non-hydrogen) atoms. The van der Waals surface area contributed by atoms with Gasteiger partial charge in [-0.3, -0.25) is 4.79 Å². The number of nitrogens with one attached hydrogen (secondary N) is 1. The maximum atomic E-state index is 13.0. The van der Waals surface area contributed by atoms with Crippen LogP contribution in [0.1, 0.15) is 43.4 Å². The predicted octanol–water partition coefficient (Wildman–Crippen LogP) is 3.75. The predicted molar refractivity (Wildman–Crippen MR) is 75.8 cm³/mol. The van der Waals surface area contributed by atoms with Crippen molar-refractivity contribution in [3.8, 4) is 0 Å². The number of ether oxygens (including phenoxy) is 1. The van der Waals surface area contributed by atoms with E-state index in [0.717, 1.165) is 18.6 Å². The summed E-state index contributed by atoms with van der Waals surface area (Å²) >= 11 is 0. The quantitative estimate of drug-likeness (QED) is 0.745. The van der Waals surface area contributed by atoms with Crippen LogP contribution in [0.3, 0.4) is 0 Å². The molecule has 1 atom stereocenters. The Morgan fingerprint density at radius 1 is 1.30 bits per heavy atom. The number of hydrogen-bond acceptors (Lipinski definition) is 3. The summed E-state index contributed by atoms with van der Waals surface area (Å²) in [6.07, 6.45) is -4.89. The van der Waals surface area contributed by atoms with E-state index in [1.165, 1.54) is 12.1 Å². The van der Waals surface area contributed by atoms with Gasteiger partial charge in [0.1, 0.15) is 0 Å². The van der Waals surface area contributed by atoms with E-state index in [-0.39, 0.29) is 12.2 Å². The first kappa shape index (κ1) is 18.8. The highest BCUT2D eigenvalue weighted by molar-refractivity contribution is 5.72. The Morgan fingerprint density at radius 3 is 2.52 bits per heavy atom. The molecule has 0 fully saturated rings. The van der Waals surface area contributed by atoms with Crippen LogP contribution in [0.5, 0.6) is 0 Å². The third kappa shape index (κ3) is 6.17. The zero-order valence-corrected chi connectivity index (χ0v) is 12.5. The Balaban J connectivity index is 2.99. The van der Waals surface area contributed by atoms with Crippen LogP contribution in [0.25, 0.3) is 0 Å². The highest BCUT2D eigenvalue weighted by atomic mass is 19.4. The lowest BCUT2D eigenvalue weighted by Gasteiger charge is -2.21. The second-order valence-electron chi connectivity index (χ2n) is 4.87. The van der Waals surface area contributed by atoms with Gasteiger partial charge in [0.15, 0.2) is 0 Å². The van der Waals surface area contributed by atoms with E-state index >= 15 is 0 Å². The average molecular weight is 333 g/mol. The molecule has 1 aromatic carbocycles. The third-order valence-electron chi connectivity index (χ3n) is 3.04. The zero-order valence-electron chi connectivity index (χ0n) is 12.5. The SMILES string of the molecule is CCCCOC(=O)NC(CC(=O)O)c1ccccc1C(F)(F)F. The first-order valence-corrected chi connectivity index (χ1v) is 7.07. The minimum absolute atomic E-state index is 0.114. The molecule has 5 nitrogen and oxygen atoms in total. The Hall–Kier alpha value is -2.25. The maximum absolute atomic E-state index is 13.0. The zero-order chi connectivity index (χ0) is 17.5. The van der Waals surface area contributed by atoms with Gasteiger partial charge in [-0.1, -0.05) is 31.5 Å². The van der Waals surface area contributed by atoms with Crippen molar-refractivity contribution in [1.82, 2.24) is 5.32 Å². The van der Waals surface area contributed by atoms with Gasteiger partial charge in [0.2, 0.25) is 0 Å². The first-order valence-electron chi connectivity index (χ1n) is 7.07. The van der Waals surface area contributed by atoms with Crippen molar-refractivity contribution in [3.63, 3.8) is 0 Å². The number of carboxylic acid groups (broad SMARTS) is 1. The van der Waals surface area contributed by atoms with Crippen LogP contribution < -0.4 is 5.32 Å². The lowest BCUT2D eigenvalue weighted by Crippen LogP contribution is -2.32. The number of benzene rings is 1. The molecular weight excluding hydrogens is 315 g/mol. The molecule has 2 N–H and O–H groups in total. The fourth-order valence-corrected chi connectivity index (χ4v) is 1.97. The summed E-state index contributed by atoms with van der Waals surface area (Å²) in [5, 5.41) is 11.1. The molecule has 1 rings (SSSR count). The molecule has 0 aliphatic heterocycles. The van der Waals surface area contributed by atoms with E-state index < -0.39 is 36.3 Å². The van der Waals surface area contributed by atoms with Crippen LogP contribution in [0, 0.1) is 0 Å². The van der Waals surface area contributed by atoms with E-state index in [2.05, 4.69) is 5.32 Å². The topological polar surface area (TPSA) is 75.6 Å². The van der Waals surface area contributed by atoms with Crippen molar-refractivity contribution in [2.45, 2.75) is 38.4 Å². The largest absolute Gasteiger partial charge is 0.481 e. The minimum atomic E-state index is -4.65. The molecule has 0 saturated carbocycles. The van der Waals surface area contributed by atoms with E-state index in [0.29, 0.717) is 6.42 Å². The van der Waals surface area contributed by atoms with E-state index in [4.69, 9.17) is 9.84 Å². The number of aliphatic carboxylic acids is 1. The molecule has 0 spiro atoms. The number of amides is 1. The second-order valence-corrected chi connectivity index (χ2v) is 4.87. The van der Waals surface area contributed by atoms with E-state index in [1.54, 1.807) is 0 Å². The van der Waals surface area contributed by atoms with Crippen molar-refractivity contribution >= 4 is 12.1 Å². The first-order chi connectivity index (χ1) is 10.8. The molecule has 1 unspecified atom stereocenters. The van der Waals surface area contributed by atoms with Crippen LogP contribution in [-0.4, -0.2) is 23.8 Å².